The van der Waals surface area contributed by atoms with E-state index in [0.29, 0.717) is 5.92 Å². The molecule has 0 saturated heterocycles. The first-order valence-electron chi connectivity index (χ1n) is 6.42. The predicted molar refractivity (Wildman–Crippen MR) is 78.5 cm³/mol. The minimum atomic E-state index is -0.335. The number of halogens is 1. The lowest BCUT2D eigenvalue weighted by atomic mass is 9.83. The van der Waals surface area contributed by atoms with Crippen molar-refractivity contribution in [2.45, 2.75) is 25.1 Å². The molecule has 0 fully saturated rings. The van der Waals surface area contributed by atoms with Crippen LogP contribution in [0.3, 0.4) is 0 Å². The number of nitrogens with zero attached hydrogens (tertiary/aromatic N) is 1. The highest BCUT2D eigenvalue weighted by molar-refractivity contribution is 6.24. The van der Waals surface area contributed by atoms with E-state index in [1.807, 2.05) is 18.2 Å². The number of hydrogen-bond donors (Lipinski definition) is 0. The molecule has 18 heavy (non-hydrogen) atoms. The largest absolute Gasteiger partial charge is 0.497 e. The van der Waals surface area contributed by atoms with Crippen LogP contribution < -0.4 is 4.74 Å². The number of ether oxygens (including phenoxy) is 1. The molecule has 0 saturated carbocycles. The van der Waals surface area contributed by atoms with Crippen molar-refractivity contribution in [3.63, 3.8) is 0 Å². The van der Waals surface area contributed by atoms with Gasteiger partial charge in [-0.15, -0.1) is 11.6 Å². The summed E-state index contributed by atoms with van der Waals surface area (Å²) < 4.78 is 5.29. The van der Waals surface area contributed by atoms with Gasteiger partial charge in [-0.05, 0) is 44.1 Å². The van der Waals surface area contributed by atoms with Crippen LogP contribution in [-0.2, 0) is 4.87 Å². The van der Waals surface area contributed by atoms with E-state index >= 15 is 0 Å². The van der Waals surface area contributed by atoms with Gasteiger partial charge in [-0.3, -0.25) is 0 Å². The van der Waals surface area contributed by atoms with Crippen molar-refractivity contribution in [1.29, 1.82) is 0 Å². The molecule has 1 rings (SSSR count). The van der Waals surface area contributed by atoms with E-state index in [-0.39, 0.29) is 4.87 Å². The fourth-order valence-electron chi connectivity index (χ4n) is 2.41. The van der Waals surface area contributed by atoms with Gasteiger partial charge in [0.2, 0.25) is 0 Å². The van der Waals surface area contributed by atoms with Gasteiger partial charge < -0.3 is 9.64 Å². The highest BCUT2D eigenvalue weighted by Crippen LogP contribution is 2.41. The molecule has 2 atom stereocenters. The lowest BCUT2D eigenvalue weighted by Gasteiger charge is -2.34. The number of hydrogen-bond acceptors (Lipinski definition) is 2. The van der Waals surface area contributed by atoms with Gasteiger partial charge in [0.1, 0.15) is 5.75 Å². The van der Waals surface area contributed by atoms with Gasteiger partial charge in [0, 0.05) is 6.54 Å². The van der Waals surface area contributed by atoms with Gasteiger partial charge in [-0.2, -0.15) is 0 Å². The molecule has 1 aromatic rings. The smallest absolute Gasteiger partial charge is 0.119 e. The van der Waals surface area contributed by atoms with Gasteiger partial charge in [0.05, 0.1) is 12.0 Å². The second kappa shape index (κ2) is 6.44. The highest BCUT2D eigenvalue weighted by atomic mass is 35.5. The Morgan fingerprint density at radius 3 is 2.56 bits per heavy atom. The molecule has 0 radical (unpaired) electrons. The second-order valence-electron chi connectivity index (χ2n) is 5.11. The molecular weight excluding hydrogens is 246 g/mol. The van der Waals surface area contributed by atoms with Crippen molar-refractivity contribution >= 4 is 11.6 Å². The first kappa shape index (κ1) is 15.3. The molecule has 0 aromatic heterocycles. The topological polar surface area (TPSA) is 12.5 Å². The summed E-state index contributed by atoms with van der Waals surface area (Å²) in [4.78, 5) is 1.84. The van der Waals surface area contributed by atoms with E-state index in [1.165, 1.54) is 0 Å². The van der Waals surface area contributed by atoms with E-state index in [4.69, 9.17) is 16.3 Å². The van der Waals surface area contributed by atoms with Crippen LogP contribution in [0.4, 0.5) is 0 Å². The van der Waals surface area contributed by atoms with Crippen molar-refractivity contribution in [2.24, 2.45) is 5.92 Å². The van der Waals surface area contributed by atoms with E-state index in [1.54, 1.807) is 7.11 Å². The third kappa shape index (κ3) is 3.39. The van der Waals surface area contributed by atoms with Gasteiger partial charge >= 0.3 is 0 Å². The Labute approximate surface area is 116 Å². The number of benzene rings is 1. The lowest BCUT2D eigenvalue weighted by Crippen LogP contribution is -2.34. The second-order valence-corrected chi connectivity index (χ2v) is 5.79. The fourth-order valence-corrected chi connectivity index (χ4v) is 2.60. The zero-order valence-electron chi connectivity index (χ0n) is 12.0. The summed E-state index contributed by atoms with van der Waals surface area (Å²) >= 11 is 6.89. The van der Waals surface area contributed by atoms with E-state index in [0.717, 1.165) is 24.3 Å². The van der Waals surface area contributed by atoms with Crippen LogP contribution in [0.25, 0.3) is 0 Å². The SMILES string of the molecule is CC[C@](Cl)(c1cccc(OC)c1)[C@H](C)CN(C)C. The maximum atomic E-state index is 6.89. The molecule has 0 unspecified atom stereocenters. The van der Waals surface area contributed by atoms with Gasteiger partial charge in [-0.25, -0.2) is 0 Å². The molecule has 0 aliphatic rings. The first-order valence-corrected chi connectivity index (χ1v) is 6.80. The molecule has 102 valence electrons. The molecule has 0 heterocycles. The normalized spacial score (nSPS) is 16.4. The third-order valence-electron chi connectivity index (χ3n) is 3.48. The lowest BCUT2D eigenvalue weighted by molar-refractivity contribution is 0.278. The van der Waals surface area contributed by atoms with Crippen molar-refractivity contribution in [1.82, 2.24) is 4.90 Å². The van der Waals surface area contributed by atoms with Crippen LogP contribution in [0.15, 0.2) is 24.3 Å². The van der Waals surface area contributed by atoms with Crippen molar-refractivity contribution in [3.8, 4) is 5.75 Å². The summed E-state index contributed by atoms with van der Waals surface area (Å²) in [6.07, 6.45) is 0.900. The summed E-state index contributed by atoms with van der Waals surface area (Å²) in [5, 5.41) is 0. The maximum Gasteiger partial charge on any atom is 0.119 e. The fraction of sp³-hybridized carbons (Fsp3) is 0.600. The minimum absolute atomic E-state index is 0.335. The first-order chi connectivity index (χ1) is 8.43. The quantitative estimate of drug-likeness (QED) is 0.730. The highest BCUT2D eigenvalue weighted by Gasteiger charge is 2.34. The summed E-state index contributed by atoms with van der Waals surface area (Å²) in [7, 11) is 5.84. The minimum Gasteiger partial charge on any atom is -0.497 e. The van der Waals surface area contributed by atoms with Crippen LogP contribution in [0, 0.1) is 5.92 Å². The molecule has 1 aromatic carbocycles. The molecule has 0 aliphatic carbocycles. The Morgan fingerprint density at radius 1 is 1.39 bits per heavy atom. The monoisotopic (exact) mass is 269 g/mol. The zero-order valence-corrected chi connectivity index (χ0v) is 12.8. The van der Waals surface area contributed by atoms with Crippen LogP contribution >= 0.6 is 11.6 Å². The molecule has 0 bridgehead atoms. The molecule has 2 nitrogen and oxygen atoms in total. The summed E-state index contributed by atoms with van der Waals surface area (Å²) in [6, 6.07) is 8.09. The Kier molecular flexibility index (Phi) is 5.48. The summed E-state index contributed by atoms with van der Waals surface area (Å²) in [5.74, 6) is 1.23. The van der Waals surface area contributed by atoms with Gasteiger partial charge in [-0.1, -0.05) is 26.0 Å². The Bertz CT molecular complexity index is 381. The maximum absolute atomic E-state index is 6.89. The van der Waals surface area contributed by atoms with Crippen molar-refractivity contribution in [2.75, 3.05) is 27.7 Å². The van der Waals surface area contributed by atoms with Crippen LogP contribution in [0.2, 0.25) is 0 Å². The predicted octanol–water partition coefficient (Wildman–Crippen LogP) is 3.74. The third-order valence-corrected chi connectivity index (χ3v) is 4.34. The molecule has 0 aliphatic heterocycles. The van der Waals surface area contributed by atoms with Gasteiger partial charge in [0.15, 0.2) is 0 Å². The van der Waals surface area contributed by atoms with Gasteiger partial charge in [0.25, 0.3) is 0 Å². The molecule has 0 N–H and O–H groups in total. The van der Waals surface area contributed by atoms with Crippen LogP contribution in [0.5, 0.6) is 5.75 Å². The Balaban J connectivity index is 3.05. The standard InChI is InChI=1S/C15H24ClNO/c1-6-15(16,12(2)11-17(3)4)13-8-7-9-14(10-13)18-5/h7-10,12H,6,11H2,1-5H3/t12-,15-/m1/s1. The van der Waals surface area contributed by atoms with E-state index in [9.17, 15) is 0 Å². The number of rotatable bonds is 6. The molecule has 3 heteroatoms. The molecular formula is C15H24ClNO. The van der Waals surface area contributed by atoms with Crippen molar-refractivity contribution < 1.29 is 4.74 Å². The van der Waals surface area contributed by atoms with Crippen LogP contribution in [0.1, 0.15) is 25.8 Å². The van der Waals surface area contributed by atoms with E-state index in [2.05, 4.69) is 38.9 Å². The molecule has 0 amide bonds. The summed E-state index contributed by atoms with van der Waals surface area (Å²) in [5.41, 5.74) is 1.14. The Hall–Kier alpha value is -0.730. The summed E-state index contributed by atoms with van der Waals surface area (Å²) in [6.45, 7) is 5.31. The zero-order chi connectivity index (χ0) is 13.8. The number of alkyl halides is 1. The van der Waals surface area contributed by atoms with Crippen LogP contribution in [-0.4, -0.2) is 32.6 Å². The van der Waals surface area contributed by atoms with Crippen molar-refractivity contribution in [3.05, 3.63) is 29.8 Å². The molecule has 0 spiro atoms. The average Bonchev–Trinajstić information content (AvgIpc) is 2.37. The number of methoxy groups -OCH3 is 1. The van der Waals surface area contributed by atoms with E-state index < -0.39 is 0 Å². The Morgan fingerprint density at radius 2 is 2.06 bits per heavy atom. The average molecular weight is 270 g/mol.